The fourth-order valence-corrected chi connectivity index (χ4v) is 4.40. The molecule has 5 rings (SSSR count). The fourth-order valence-electron chi connectivity index (χ4n) is 4.40. The minimum atomic E-state index is -0.517. The maximum Gasteiger partial charge on any atom is 0.219 e. The zero-order valence-corrected chi connectivity index (χ0v) is 19.0. The summed E-state index contributed by atoms with van der Waals surface area (Å²) in [5, 5.41) is 11.8. The maximum atomic E-state index is 10.7. The molecule has 4 nitrogen and oxygen atoms in total. The lowest BCUT2D eigenvalue weighted by Gasteiger charge is -2.12. The predicted octanol–water partition coefficient (Wildman–Crippen LogP) is 5.51. The number of H-pyrrole nitrogens is 1. The van der Waals surface area contributed by atoms with Crippen molar-refractivity contribution >= 4 is 10.9 Å². The summed E-state index contributed by atoms with van der Waals surface area (Å²) in [7, 11) is 0. The number of aromatic nitrogens is 2. The van der Waals surface area contributed by atoms with E-state index in [-0.39, 0.29) is 0 Å². The largest absolute Gasteiger partial charge is 0.388 e. The van der Waals surface area contributed by atoms with Gasteiger partial charge in [-0.3, -0.25) is 4.98 Å². The summed E-state index contributed by atoms with van der Waals surface area (Å²) in [6.07, 6.45) is 2.61. The summed E-state index contributed by atoms with van der Waals surface area (Å²) < 4.78 is 0. The van der Waals surface area contributed by atoms with Gasteiger partial charge < -0.3 is 10.8 Å². The number of nitrogens with one attached hydrogen (secondary N) is 1. The van der Waals surface area contributed by atoms with Gasteiger partial charge in [0.15, 0.2) is 0 Å². The number of hydrogen-bond acceptors (Lipinski definition) is 3. The highest BCUT2D eigenvalue weighted by Crippen LogP contribution is 2.32. The zero-order chi connectivity index (χ0) is 23.3. The summed E-state index contributed by atoms with van der Waals surface area (Å²) in [5.74, 6) is 0. The number of aromatic amines is 1. The molecule has 0 bridgehead atoms. The van der Waals surface area contributed by atoms with Crippen LogP contribution in [0.5, 0.6) is 0 Å². The summed E-state index contributed by atoms with van der Waals surface area (Å²) in [4.78, 5) is 8.36. The number of aliphatic hydroxyl groups excluding tert-OH is 1. The third-order valence-corrected chi connectivity index (χ3v) is 6.29. The molecule has 0 fully saturated rings. The van der Waals surface area contributed by atoms with Crippen LogP contribution < -0.4 is 10.7 Å². The molecule has 34 heavy (non-hydrogen) atoms. The number of fused-ring (bicyclic) bond motifs is 1. The standard InChI is InChI=1S/C30H27N3O/c31-20-21-11-13-24(14-12-21)30-25(22-7-3-1-4-8-22)19-26-27(32-18-17-28(26)33-30)15-16-29(34)23-9-5-2-6-10-23/h1-14,17-19,29,34H,15-16,20,31H2/p+1. The Morgan fingerprint density at radius 3 is 2.24 bits per heavy atom. The van der Waals surface area contributed by atoms with E-state index in [0.717, 1.165) is 50.1 Å². The van der Waals surface area contributed by atoms with Crippen molar-refractivity contribution in [2.24, 2.45) is 5.73 Å². The van der Waals surface area contributed by atoms with Gasteiger partial charge >= 0.3 is 0 Å². The number of aliphatic hydroxyl groups is 1. The van der Waals surface area contributed by atoms with E-state index in [9.17, 15) is 5.11 Å². The summed E-state index contributed by atoms with van der Waals surface area (Å²) >= 11 is 0. The highest BCUT2D eigenvalue weighted by Gasteiger charge is 2.20. The third kappa shape index (κ3) is 4.60. The average molecular weight is 447 g/mol. The predicted molar refractivity (Wildman–Crippen MR) is 137 cm³/mol. The van der Waals surface area contributed by atoms with Crippen LogP contribution in [-0.4, -0.2) is 10.1 Å². The molecule has 4 heteroatoms. The Bertz CT molecular complexity index is 1380. The number of aryl methyl sites for hydroxylation is 1. The Morgan fingerprint density at radius 2 is 1.53 bits per heavy atom. The number of hydrogen-bond donors (Lipinski definition) is 2. The number of nitrogens with zero attached hydrogens (tertiary/aromatic N) is 1. The Hall–Kier alpha value is -3.86. The first-order valence-electron chi connectivity index (χ1n) is 11.6. The van der Waals surface area contributed by atoms with E-state index in [1.165, 1.54) is 0 Å². The molecule has 4 N–H and O–H groups in total. The molecule has 2 aromatic heterocycles. The molecule has 0 saturated carbocycles. The molecular formula is C30H28N3O+. The SMILES string of the molecule is NCc1ccc(-c2[nH+]c3ccnc(CCC(O)c4ccccc4)c3cc2-c2ccccc2)cc1. The minimum Gasteiger partial charge on any atom is -0.388 e. The Labute approximate surface area is 199 Å². The molecular weight excluding hydrogens is 418 g/mol. The molecule has 0 saturated heterocycles. The lowest BCUT2D eigenvalue weighted by atomic mass is 9.95. The van der Waals surface area contributed by atoms with Gasteiger partial charge in [0, 0.05) is 24.4 Å². The normalized spacial score (nSPS) is 12.1. The number of nitrogens with two attached hydrogens (primary N) is 1. The van der Waals surface area contributed by atoms with Crippen LogP contribution in [0.25, 0.3) is 33.3 Å². The lowest BCUT2D eigenvalue weighted by molar-refractivity contribution is -0.330. The Balaban J connectivity index is 1.57. The molecule has 0 radical (unpaired) electrons. The molecule has 5 aromatic rings. The summed E-state index contributed by atoms with van der Waals surface area (Å²) in [6, 6.07) is 32.8. The van der Waals surface area contributed by atoms with Crippen LogP contribution in [0.1, 0.15) is 29.3 Å². The summed E-state index contributed by atoms with van der Waals surface area (Å²) in [5.41, 5.74) is 14.3. The molecule has 3 aromatic carbocycles. The first-order valence-corrected chi connectivity index (χ1v) is 11.6. The molecule has 1 unspecified atom stereocenters. The van der Waals surface area contributed by atoms with Gasteiger partial charge in [0.1, 0.15) is 0 Å². The molecule has 0 aliphatic heterocycles. The van der Waals surface area contributed by atoms with E-state index in [2.05, 4.69) is 64.6 Å². The van der Waals surface area contributed by atoms with Crippen molar-refractivity contribution in [2.75, 3.05) is 0 Å². The van der Waals surface area contributed by atoms with Crippen LogP contribution in [0, 0.1) is 0 Å². The van der Waals surface area contributed by atoms with Crippen LogP contribution in [0.2, 0.25) is 0 Å². The van der Waals surface area contributed by atoms with Gasteiger partial charge in [0.2, 0.25) is 11.2 Å². The van der Waals surface area contributed by atoms with Crippen molar-refractivity contribution in [1.82, 2.24) is 4.98 Å². The highest BCUT2D eigenvalue weighted by atomic mass is 16.3. The minimum absolute atomic E-state index is 0.517. The maximum absolute atomic E-state index is 10.7. The molecule has 0 aliphatic carbocycles. The quantitative estimate of drug-likeness (QED) is 0.346. The first-order chi connectivity index (χ1) is 16.7. The third-order valence-electron chi connectivity index (χ3n) is 6.29. The number of pyridine rings is 2. The van der Waals surface area contributed by atoms with Gasteiger partial charge in [-0.05, 0) is 47.7 Å². The van der Waals surface area contributed by atoms with Gasteiger partial charge in [0.25, 0.3) is 0 Å². The van der Waals surface area contributed by atoms with Crippen molar-refractivity contribution in [3.63, 3.8) is 0 Å². The molecule has 168 valence electrons. The molecule has 0 aliphatic rings. The monoisotopic (exact) mass is 446 g/mol. The van der Waals surface area contributed by atoms with Gasteiger partial charge in [-0.2, -0.15) is 0 Å². The van der Waals surface area contributed by atoms with Crippen molar-refractivity contribution in [2.45, 2.75) is 25.5 Å². The molecule has 1 atom stereocenters. The van der Waals surface area contributed by atoms with Crippen molar-refractivity contribution in [3.05, 3.63) is 120 Å². The fraction of sp³-hybridized carbons (Fsp3) is 0.133. The number of benzene rings is 3. The van der Waals surface area contributed by atoms with Crippen LogP contribution >= 0.6 is 0 Å². The van der Waals surface area contributed by atoms with Crippen LogP contribution in [-0.2, 0) is 13.0 Å². The number of rotatable bonds is 7. The van der Waals surface area contributed by atoms with Gasteiger partial charge in [0.05, 0.1) is 22.7 Å². The lowest BCUT2D eigenvalue weighted by Crippen LogP contribution is -2.12. The van der Waals surface area contributed by atoms with E-state index in [1.807, 2.05) is 48.7 Å². The van der Waals surface area contributed by atoms with Gasteiger partial charge in [-0.15, -0.1) is 0 Å². The summed E-state index contributed by atoms with van der Waals surface area (Å²) in [6.45, 7) is 0.525. The second-order valence-electron chi connectivity index (χ2n) is 8.51. The van der Waals surface area contributed by atoms with E-state index in [1.54, 1.807) is 0 Å². The average Bonchev–Trinajstić information content (AvgIpc) is 2.92. The second-order valence-corrected chi connectivity index (χ2v) is 8.51. The van der Waals surface area contributed by atoms with Gasteiger partial charge in [-0.25, -0.2) is 4.98 Å². The van der Waals surface area contributed by atoms with Crippen LogP contribution in [0.4, 0.5) is 0 Å². The Kier molecular flexibility index (Phi) is 6.43. The van der Waals surface area contributed by atoms with E-state index in [4.69, 9.17) is 5.73 Å². The zero-order valence-electron chi connectivity index (χ0n) is 19.0. The van der Waals surface area contributed by atoms with Crippen molar-refractivity contribution in [1.29, 1.82) is 0 Å². The van der Waals surface area contributed by atoms with Crippen molar-refractivity contribution < 1.29 is 10.1 Å². The van der Waals surface area contributed by atoms with Crippen LogP contribution in [0.15, 0.2) is 103 Å². The van der Waals surface area contributed by atoms with E-state index in [0.29, 0.717) is 19.4 Å². The Morgan fingerprint density at radius 1 is 0.824 bits per heavy atom. The van der Waals surface area contributed by atoms with E-state index >= 15 is 0 Å². The second kappa shape index (κ2) is 9.96. The van der Waals surface area contributed by atoms with Crippen LogP contribution in [0.3, 0.4) is 0 Å². The topological polar surface area (TPSA) is 73.3 Å². The molecule has 0 spiro atoms. The van der Waals surface area contributed by atoms with Gasteiger partial charge in [-0.1, -0.05) is 72.8 Å². The smallest absolute Gasteiger partial charge is 0.219 e. The molecule has 0 amide bonds. The first kappa shape index (κ1) is 22.0. The van der Waals surface area contributed by atoms with E-state index < -0.39 is 6.10 Å². The van der Waals surface area contributed by atoms with Crippen molar-refractivity contribution in [3.8, 4) is 22.4 Å². The molecule has 2 heterocycles. The highest BCUT2D eigenvalue weighted by molar-refractivity contribution is 5.89.